The van der Waals surface area contributed by atoms with Crippen LogP contribution in [-0.4, -0.2) is 51.6 Å². The van der Waals surface area contributed by atoms with Crippen LogP contribution in [0.15, 0.2) is 48.7 Å². The SMILES string of the molecule is O=C(NC(Cc1ccc(-c2cc(Cl)ccc2F)cc1)CC1(C(=O)O)CCOC1)c1cn[nH]n1. The van der Waals surface area contributed by atoms with E-state index in [2.05, 4.69) is 20.7 Å². The molecule has 0 bridgehead atoms. The van der Waals surface area contributed by atoms with Crippen LogP contribution in [0.3, 0.4) is 0 Å². The number of carboxylic acid groups (broad SMARTS) is 1. The van der Waals surface area contributed by atoms with Crippen LogP contribution in [0, 0.1) is 11.2 Å². The van der Waals surface area contributed by atoms with Crippen molar-refractivity contribution in [3.8, 4) is 11.1 Å². The average Bonchev–Trinajstić information content (AvgIpc) is 3.49. The first-order valence-corrected chi connectivity index (χ1v) is 10.8. The molecule has 10 heteroatoms. The van der Waals surface area contributed by atoms with Crippen molar-refractivity contribution in [2.24, 2.45) is 5.41 Å². The number of rotatable bonds is 8. The average molecular weight is 473 g/mol. The molecule has 1 aromatic heterocycles. The maximum absolute atomic E-state index is 14.2. The maximum atomic E-state index is 14.2. The molecule has 1 aliphatic rings. The Morgan fingerprint density at radius 3 is 2.70 bits per heavy atom. The molecule has 0 saturated carbocycles. The third-order valence-electron chi connectivity index (χ3n) is 5.85. The Labute approximate surface area is 194 Å². The van der Waals surface area contributed by atoms with Gasteiger partial charge >= 0.3 is 5.97 Å². The zero-order valence-electron chi connectivity index (χ0n) is 17.6. The van der Waals surface area contributed by atoms with E-state index in [1.807, 2.05) is 12.1 Å². The van der Waals surface area contributed by atoms with Gasteiger partial charge in [-0.25, -0.2) is 4.39 Å². The number of amides is 1. The van der Waals surface area contributed by atoms with Gasteiger partial charge in [0.1, 0.15) is 5.82 Å². The lowest BCUT2D eigenvalue weighted by atomic mass is 9.79. The first-order valence-electron chi connectivity index (χ1n) is 10.4. The first-order chi connectivity index (χ1) is 15.9. The summed E-state index contributed by atoms with van der Waals surface area (Å²) in [4.78, 5) is 24.6. The number of benzene rings is 2. The Bertz CT molecular complexity index is 1130. The number of halogens is 2. The molecule has 1 amide bonds. The number of hydrogen-bond donors (Lipinski definition) is 3. The Morgan fingerprint density at radius 1 is 1.27 bits per heavy atom. The lowest BCUT2D eigenvalue weighted by Crippen LogP contribution is -2.44. The number of H-pyrrole nitrogens is 1. The van der Waals surface area contributed by atoms with Crippen LogP contribution >= 0.6 is 11.6 Å². The Hall–Kier alpha value is -3.30. The van der Waals surface area contributed by atoms with Gasteiger partial charge in [0.05, 0.1) is 18.2 Å². The summed E-state index contributed by atoms with van der Waals surface area (Å²) in [6.07, 6.45) is 2.23. The van der Waals surface area contributed by atoms with Crippen LogP contribution in [0.5, 0.6) is 0 Å². The minimum absolute atomic E-state index is 0.0889. The van der Waals surface area contributed by atoms with Crippen LogP contribution in [0.25, 0.3) is 11.1 Å². The molecule has 2 aromatic carbocycles. The first kappa shape index (κ1) is 22.9. The van der Waals surface area contributed by atoms with E-state index in [4.69, 9.17) is 16.3 Å². The molecule has 0 aliphatic carbocycles. The molecule has 172 valence electrons. The lowest BCUT2D eigenvalue weighted by molar-refractivity contribution is -0.149. The lowest BCUT2D eigenvalue weighted by Gasteiger charge is -2.28. The van der Waals surface area contributed by atoms with Crippen molar-refractivity contribution >= 4 is 23.5 Å². The second kappa shape index (κ2) is 9.68. The number of aliphatic carboxylic acids is 1. The number of carbonyl (C=O) groups is 2. The van der Waals surface area contributed by atoms with Crippen molar-refractivity contribution in [3.63, 3.8) is 0 Å². The van der Waals surface area contributed by atoms with Gasteiger partial charge in [-0.1, -0.05) is 35.9 Å². The zero-order valence-corrected chi connectivity index (χ0v) is 18.3. The summed E-state index contributed by atoms with van der Waals surface area (Å²) in [5.74, 6) is -1.78. The summed E-state index contributed by atoms with van der Waals surface area (Å²) < 4.78 is 19.6. The summed E-state index contributed by atoms with van der Waals surface area (Å²) in [5.41, 5.74) is 0.932. The van der Waals surface area contributed by atoms with Gasteiger partial charge in [0.15, 0.2) is 5.69 Å². The molecule has 1 saturated heterocycles. The van der Waals surface area contributed by atoms with E-state index in [0.717, 1.165) is 5.56 Å². The van der Waals surface area contributed by atoms with Gasteiger partial charge in [-0.3, -0.25) is 9.59 Å². The molecule has 8 nitrogen and oxygen atoms in total. The van der Waals surface area contributed by atoms with Gasteiger partial charge < -0.3 is 15.2 Å². The molecule has 1 aliphatic heterocycles. The number of nitrogens with zero attached hydrogens (tertiary/aromatic N) is 2. The molecule has 3 N–H and O–H groups in total. The smallest absolute Gasteiger partial charge is 0.312 e. The van der Waals surface area contributed by atoms with Crippen LogP contribution < -0.4 is 5.32 Å². The monoisotopic (exact) mass is 472 g/mol. The van der Waals surface area contributed by atoms with Crippen molar-refractivity contribution in [3.05, 3.63) is 70.8 Å². The molecule has 1 fully saturated rings. The molecule has 2 unspecified atom stereocenters. The zero-order chi connectivity index (χ0) is 23.4. The summed E-state index contributed by atoms with van der Waals surface area (Å²) in [7, 11) is 0. The van der Waals surface area contributed by atoms with Crippen LogP contribution in [0.4, 0.5) is 4.39 Å². The van der Waals surface area contributed by atoms with Crippen molar-refractivity contribution in [2.45, 2.75) is 25.3 Å². The minimum atomic E-state index is -1.08. The van der Waals surface area contributed by atoms with Gasteiger partial charge in [-0.2, -0.15) is 15.4 Å². The maximum Gasteiger partial charge on any atom is 0.312 e. The number of hydrogen-bond acceptors (Lipinski definition) is 5. The normalized spacial score (nSPS) is 18.7. The fourth-order valence-electron chi connectivity index (χ4n) is 4.06. The van der Waals surface area contributed by atoms with E-state index in [1.165, 1.54) is 18.3 Å². The van der Waals surface area contributed by atoms with Crippen LogP contribution in [0.1, 0.15) is 28.9 Å². The second-order valence-corrected chi connectivity index (χ2v) is 8.58. The van der Waals surface area contributed by atoms with E-state index >= 15 is 0 Å². The molecule has 0 radical (unpaired) electrons. The Kier molecular flexibility index (Phi) is 6.71. The van der Waals surface area contributed by atoms with Gasteiger partial charge in [0.25, 0.3) is 5.91 Å². The third kappa shape index (κ3) is 5.20. The van der Waals surface area contributed by atoms with E-state index in [1.54, 1.807) is 18.2 Å². The second-order valence-electron chi connectivity index (χ2n) is 8.14. The number of aromatic nitrogens is 3. The summed E-state index contributed by atoms with van der Waals surface area (Å²) in [5, 5.41) is 23.0. The van der Waals surface area contributed by atoms with Crippen molar-refractivity contribution in [1.82, 2.24) is 20.7 Å². The number of carbonyl (C=O) groups excluding carboxylic acids is 1. The van der Waals surface area contributed by atoms with Crippen molar-refractivity contribution in [2.75, 3.05) is 13.2 Å². The number of ether oxygens (including phenoxy) is 1. The topological polar surface area (TPSA) is 117 Å². The van der Waals surface area contributed by atoms with Crippen LogP contribution in [0.2, 0.25) is 5.02 Å². The highest BCUT2D eigenvalue weighted by molar-refractivity contribution is 6.30. The predicted molar refractivity (Wildman–Crippen MR) is 118 cm³/mol. The fourth-order valence-corrected chi connectivity index (χ4v) is 4.24. The summed E-state index contributed by atoms with van der Waals surface area (Å²) >= 11 is 6.00. The van der Waals surface area contributed by atoms with Crippen molar-refractivity contribution < 1.29 is 23.8 Å². The summed E-state index contributed by atoms with van der Waals surface area (Å²) in [6.45, 7) is 0.446. The van der Waals surface area contributed by atoms with Gasteiger partial charge in [-0.05, 0) is 48.6 Å². The molecule has 2 atom stereocenters. The molecule has 0 spiro atoms. The van der Waals surface area contributed by atoms with E-state index in [0.29, 0.717) is 35.6 Å². The van der Waals surface area contributed by atoms with E-state index < -0.39 is 23.3 Å². The Balaban J connectivity index is 1.55. The molecule has 3 aromatic rings. The summed E-state index contributed by atoms with van der Waals surface area (Å²) in [6, 6.07) is 11.0. The van der Waals surface area contributed by atoms with Gasteiger partial charge in [-0.15, -0.1) is 0 Å². The van der Waals surface area contributed by atoms with Gasteiger partial charge in [0, 0.05) is 23.2 Å². The van der Waals surface area contributed by atoms with E-state index in [-0.39, 0.29) is 24.5 Å². The highest BCUT2D eigenvalue weighted by atomic mass is 35.5. The molecular weight excluding hydrogens is 451 g/mol. The molecule has 2 heterocycles. The molecular formula is C23H22ClFN4O4. The van der Waals surface area contributed by atoms with Crippen molar-refractivity contribution in [1.29, 1.82) is 0 Å². The predicted octanol–water partition coefficient (Wildman–Crippen LogP) is 3.49. The fraction of sp³-hybridized carbons (Fsp3) is 0.304. The quantitative estimate of drug-likeness (QED) is 0.462. The molecule has 4 rings (SSSR count). The molecule has 33 heavy (non-hydrogen) atoms. The van der Waals surface area contributed by atoms with E-state index in [9.17, 15) is 19.1 Å². The van der Waals surface area contributed by atoms with Gasteiger partial charge in [0.2, 0.25) is 0 Å². The highest BCUT2D eigenvalue weighted by Crippen LogP contribution is 2.35. The largest absolute Gasteiger partial charge is 0.481 e. The Morgan fingerprint density at radius 2 is 2.06 bits per heavy atom. The number of nitrogens with one attached hydrogen (secondary N) is 2. The number of carboxylic acids is 1. The van der Waals surface area contributed by atoms with Crippen LogP contribution in [-0.2, 0) is 16.0 Å². The highest BCUT2D eigenvalue weighted by Gasteiger charge is 2.44. The minimum Gasteiger partial charge on any atom is -0.481 e. The third-order valence-corrected chi connectivity index (χ3v) is 6.09. The standard InChI is InChI=1S/C23H22ClFN4O4/c24-16-5-6-19(25)18(10-16)15-3-1-14(2-4-15)9-17(27-21(30)20-12-26-29-28-20)11-23(22(31)32)7-8-33-13-23/h1-6,10,12,17H,7-9,11,13H2,(H,27,30)(H,31,32)(H,26,28,29). The number of aromatic amines is 1.